The molecular formula is C20H18N2O3. The van der Waals surface area contributed by atoms with E-state index in [1.54, 1.807) is 9.47 Å². The molecule has 1 aliphatic rings. The number of aromatic nitrogens is 1. The number of esters is 1. The first kappa shape index (κ1) is 15.4. The maximum absolute atomic E-state index is 13.2. The molecule has 2 aromatic carbocycles. The molecule has 0 bridgehead atoms. The Hall–Kier alpha value is -3.08. The molecule has 25 heavy (non-hydrogen) atoms. The predicted octanol–water partition coefficient (Wildman–Crippen LogP) is 3.02. The summed E-state index contributed by atoms with van der Waals surface area (Å²) in [6.45, 7) is 0.656. The quantitative estimate of drug-likeness (QED) is 0.692. The van der Waals surface area contributed by atoms with Gasteiger partial charge in [-0.2, -0.15) is 0 Å². The van der Waals surface area contributed by atoms with E-state index < -0.39 is 0 Å². The van der Waals surface area contributed by atoms with E-state index in [1.165, 1.54) is 7.11 Å². The van der Waals surface area contributed by atoms with Crippen molar-refractivity contribution < 1.29 is 14.3 Å². The van der Waals surface area contributed by atoms with Crippen LogP contribution in [0.25, 0.3) is 10.9 Å². The summed E-state index contributed by atoms with van der Waals surface area (Å²) in [7, 11) is 1.36. The van der Waals surface area contributed by atoms with Gasteiger partial charge in [-0.05, 0) is 30.2 Å². The van der Waals surface area contributed by atoms with Crippen molar-refractivity contribution in [1.29, 1.82) is 0 Å². The molecule has 0 N–H and O–H groups in total. The maximum atomic E-state index is 13.2. The molecule has 0 saturated heterocycles. The fourth-order valence-corrected chi connectivity index (χ4v) is 3.54. The van der Waals surface area contributed by atoms with Crippen molar-refractivity contribution in [3.05, 3.63) is 65.9 Å². The van der Waals surface area contributed by atoms with E-state index in [2.05, 4.69) is 0 Å². The van der Waals surface area contributed by atoms with Crippen molar-refractivity contribution >= 4 is 28.5 Å². The number of rotatable bonds is 3. The number of carbonyl (C=O) groups excluding carboxylic acids is 2. The first-order valence-electron chi connectivity index (χ1n) is 8.24. The molecule has 0 fully saturated rings. The molecule has 0 unspecified atom stereocenters. The second kappa shape index (κ2) is 6.09. The average molecular weight is 334 g/mol. The van der Waals surface area contributed by atoms with E-state index in [0.29, 0.717) is 12.2 Å². The number of methoxy groups -OCH3 is 1. The third-order valence-electron chi connectivity index (χ3n) is 4.69. The summed E-state index contributed by atoms with van der Waals surface area (Å²) in [5.74, 6) is -0.444. The van der Waals surface area contributed by atoms with Gasteiger partial charge in [0.1, 0.15) is 12.2 Å². The number of amides is 1. The van der Waals surface area contributed by atoms with Crippen LogP contribution in [0.15, 0.2) is 54.6 Å². The van der Waals surface area contributed by atoms with Crippen LogP contribution in [0.1, 0.15) is 16.1 Å². The fourth-order valence-electron chi connectivity index (χ4n) is 3.54. The van der Waals surface area contributed by atoms with Crippen LogP contribution < -0.4 is 4.90 Å². The Morgan fingerprint density at radius 2 is 1.80 bits per heavy atom. The highest BCUT2D eigenvalue weighted by atomic mass is 16.5. The Morgan fingerprint density at radius 1 is 1.08 bits per heavy atom. The minimum atomic E-state index is -0.367. The summed E-state index contributed by atoms with van der Waals surface area (Å²) in [4.78, 5) is 26.9. The smallest absolute Gasteiger partial charge is 0.325 e. The van der Waals surface area contributed by atoms with Gasteiger partial charge in [0.05, 0.1) is 7.11 Å². The van der Waals surface area contributed by atoms with Crippen LogP contribution in [-0.4, -0.2) is 30.1 Å². The van der Waals surface area contributed by atoms with Gasteiger partial charge in [0.2, 0.25) is 0 Å². The molecule has 5 heteroatoms. The van der Waals surface area contributed by atoms with Crippen LogP contribution in [0, 0.1) is 0 Å². The average Bonchev–Trinajstić information content (AvgIpc) is 2.97. The summed E-state index contributed by atoms with van der Waals surface area (Å²) in [6.07, 6.45) is 0.755. The normalized spacial score (nSPS) is 13.8. The lowest BCUT2D eigenvalue weighted by Crippen LogP contribution is -2.39. The number of hydrogen-bond donors (Lipinski definition) is 0. The van der Waals surface area contributed by atoms with E-state index in [1.807, 2.05) is 54.6 Å². The Morgan fingerprint density at radius 3 is 2.56 bits per heavy atom. The molecule has 0 atom stereocenters. The molecule has 0 spiro atoms. The van der Waals surface area contributed by atoms with Crippen molar-refractivity contribution in [3.8, 4) is 0 Å². The van der Waals surface area contributed by atoms with Gasteiger partial charge >= 0.3 is 5.97 Å². The monoisotopic (exact) mass is 334 g/mol. The van der Waals surface area contributed by atoms with E-state index in [-0.39, 0.29) is 18.4 Å². The maximum Gasteiger partial charge on any atom is 0.325 e. The molecule has 4 rings (SSSR count). The first-order chi connectivity index (χ1) is 12.2. The summed E-state index contributed by atoms with van der Waals surface area (Å²) >= 11 is 0. The summed E-state index contributed by atoms with van der Waals surface area (Å²) in [5.41, 5.74) is 3.35. The molecule has 1 amide bonds. The van der Waals surface area contributed by atoms with E-state index in [0.717, 1.165) is 28.6 Å². The zero-order valence-corrected chi connectivity index (χ0v) is 13.9. The Bertz CT molecular complexity index is 960. The standard InChI is InChI=1S/C20H18N2O3/c1-25-18(23)13-22-17-10-6-5-9-15(17)16-11-12-21(20(24)19(16)22)14-7-3-2-4-8-14/h2-10H,11-13H2,1H3. The van der Waals surface area contributed by atoms with Gasteiger partial charge in [0, 0.05) is 23.1 Å². The number of anilines is 1. The topological polar surface area (TPSA) is 51.5 Å². The first-order valence-corrected chi connectivity index (χ1v) is 8.24. The minimum absolute atomic E-state index is 0.0285. The lowest BCUT2D eigenvalue weighted by atomic mass is 10.0. The third-order valence-corrected chi connectivity index (χ3v) is 4.69. The van der Waals surface area contributed by atoms with Crippen LogP contribution >= 0.6 is 0 Å². The largest absolute Gasteiger partial charge is 0.468 e. The number of para-hydroxylation sites is 2. The van der Waals surface area contributed by atoms with Gasteiger partial charge in [0.15, 0.2) is 0 Å². The summed E-state index contributed by atoms with van der Waals surface area (Å²) in [6, 6.07) is 17.4. The molecule has 0 aliphatic carbocycles. The minimum Gasteiger partial charge on any atom is -0.468 e. The zero-order valence-electron chi connectivity index (χ0n) is 13.9. The highest BCUT2D eigenvalue weighted by Crippen LogP contribution is 2.32. The number of ether oxygens (including phenoxy) is 1. The summed E-state index contributed by atoms with van der Waals surface area (Å²) in [5, 5.41) is 1.03. The van der Waals surface area contributed by atoms with Gasteiger partial charge in [-0.25, -0.2) is 0 Å². The highest BCUT2D eigenvalue weighted by molar-refractivity contribution is 6.11. The third kappa shape index (κ3) is 2.48. The Labute approximate surface area is 145 Å². The second-order valence-corrected chi connectivity index (χ2v) is 6.05. The molecule has 2 heterocycles. The van der Waals surface area contributed by atoms with Gasteiger partial charge < -0.3 is 14.2 Å². The Kier molecular flexibility index (Phi) is 3.76. The van der Waals surface area contributed by atoms with Gasteiger partial charge in [-0.3, -0.25) is 9.59 Å². The van der Waals surface area contributed by atoms with Gasteiger partial charge in [-0.1, -0.05) is 36.4 Å². The number of carbonyl (C=O) groups is 2. The zero-order chi connectivity index (χ0) is 17.4. The fraction of sp³-hybridized carbons (Fsp3) is 0.200. The van der Waals surface area contributed by atoms with Crippen LogP contribution in [0.4, 0.5) is 5.69 Å². The van der Waals surface area contributed by atoms with E-state index in [9.17, 15) is 9.59 Å². The molecule has 0 saturated carbocycles. The number of nitrogens with zero attached hydrogens (tertiary/aromatic N) is 2. The number of fused-ring (bicyclic) bond motifs is 3. The number of benzene rings is 2. The predicted molar refractivity (Wildman–Crippen MR) is 95.8 cm³/mol. The van der Waals surface area contributed by atoms with Gasteiger partial charge in [0.25, 0.3) is 5.91 Å². The van der Waals surface area contributed by atoms with Crippen LogP contribution in [0.3, 0.4) is 0 Å². The van der Waals surface area contributed by atoms with Crippen LogP contribution in [0.2, 0.25) is 0 Å². The lowest BCUT2D eigenvalue weighted by Gasteiger charge is -2.28. The van der Waals surface area contributed by atoms with Crippen molar-refractivity contribution in [1.82, 2.24) is 4.57 Å². The Balaban J connectivity index is 1.88. The van der Waals surface area contributed by atoms with Crippen molar-refractivity contribution in [2.45, 2.75) is 13.0 Å². The second-order valence-electron chi connectivity index (χ2n) is 6.05. The van der Waals surface area contributed by atoms with Crippen LogP contribution in [-0.2, 0) is 22.5 Å². The highest BCUT2D eigenvalue weighted by Gasteiger charge is 2.32. The molecule has 1 aromatic heterocycles. The summed E-state index contributed by atoms with van der Waals surface area (Å²) < 4.78 is 6.61. The SMILES string of the molecule is COC(=O)Cn1c2c(c3ccccc31)CCN(c1ccccc1)C2=O. The van der Waals surface area contributed by atoms with Crippen molar-refractivity contribution in [3.63, 3.8) is 0 Å². The molecule has 126 valence electrons. The van der Waals surface area contributed by atoms with Crippen LogP contribution in [0.5, 0.6) is 0 Å². The number of hydrogen-bond acceptors (Lipinski definition) is 3. The van der Waals surface area contributed by atoms with E-state index >= 15 is 0 Å². The molecule has 3 aromatic rings. The molecular weight excluding hydrogens is 316 g/mol. The molecule has 0 radical (unpaired) electrons. The molecule has 5 nitrogen and oxygen atoms in total. The van der Waals surface area contributed by atoms with E-state index in [4.69, 9.17) is 4.74 Å². The van der Waals surface area contributed by atoms with Crippen molar-refractivity contribution in [2.24, 2.45) is 0 Å². The molecule has 1 aliphatic heterocycles. The lowest BCUT2D eigenvalue weighted by molar-refractivity contribution is -0.141. The van der Waals surface area contributed by atoms with Gasteiger partial charge in [-0.15, -0.1) is 0 Å². The van der Waals surface area contributed by atoms with Crippen molar-refractivity contribution in [2.75, 3.05) is 18.6 Å².